The number of nitrogens with one attached hydrogen (secondary N) is 1. The molecule has 2 aliphatic rings. The van der Waals surface area contributed by atoms with Crippen molar-refractivity contribution in [2.75, 3.05) is 19.6 Å². The molecule has 0 aromatic carbocycles. The Morgan fingerprint density at radius 1 is 0.938 bits per heavy atom. The highest BCUT2D eigenvalue weighted by atomic mass is 14.9. The molecule has 0 aromatic rings. The summed E-state index contributed by atoms with van der Waals surface area (Å²) >= 11 is 0. The van der Waals surface area contributed by atoms with Crippen molar-refractivity contribution in [3.63, 3.8) is 0 Å². The van der Waals surface area contributed by atoms with Crippen molar-refractivity contribution >= 4 is 0 Å². The van der Waals surface area contributed by atoms with Crippen molar-refractivity contribution in [2.24, 2.45) is 23.5 Å². The van der Waals surface area contributed by atoms with Gasteiger partial charge >= 0.3 is 0 Å². The maximum absolute atomic E-state index is 5.85. The summed E-state index contributed by atoms with van der Waals surface area (Å²) in [5, 5.41) is 3.66. The molecule has 0 aliphatic heterocycles. The molecule has 0 bridgehead atoms. The van der Waals surface area contributed by atoms with Gasteiger partial charge in [-0.1, -0.05) is 32.1 Å². The van der Waals surface area contributed by atoms with Gasteiger partial charge < -0.3 is 11.1 Å². The standard InChI is InChI=1S/C14H28N2/c15-10-13-6-1-2-7-14(13)11-16-9-8-12-4-3-5-12/h12-14,16H,1-11,15H2. The van der Waals surface area contributed by atoms with E-state index in [9.17, 15) is 0 Å². The van der Waals surface area contributed by atoms with Crippen molar-refractivity contribution in [3.8, 4) is 0 Å². The van der Waals surface area contributed by atoms with E-state index in [4.69, 9.17) is 5.73 Å². The predicted molar refractivity (Wildman–Crippen MR) is 69.3 cm³/mol. The van der Waals surface area contributed by atoms with E-state index in [0.29, 0.717) is 0 Å². The maximum atomic E-state index is 5.85. The Kier molecular flexibility index (Phi) is 5.11. The minimum atomic E-state index is 0.796. The van der Waals surface area contributed by atoms with Crippen LogP contribution in [0.15, 0.2) is 0 Å². The van der Waals surface area contributed by atoms with Crippen LogP contribution in [-0.2, 0) is 0 Å². The fraction of sp³-hybridized carbons (Fsp3) is 1.00. The average Bonchev–Trinajstić information content (AvgIpc) is 2.27. The van der Waals surface area contributed by atoms with Crippen molar-refractivity contribution in [1.29, 1.82) is 0 Å². The third kappa shape index (κ3) is 3.46. The van der Waals surface area contributed by atoms with Gasteiger partial charge in [-0.3, -0.25) is 0 Å². The van der Waals surface area contributed by atoms with E-state index in [2.05, 4.69) is 5.32 Å². The summed E-state index contributed by atoms with van der Waals surface area (Å²) < 4.78 is 0. The van der Waals surface area contributed by atoms with Crippen LogP contribution in [0.25, 0.3) is 0 Å². The van der Waals surface area contributed by atoms with Crippen LogP contribution >= 0.6 is 0 Å². The first-order valence-electron chi connectivity index (χ1n) is 7.31. The van der Waals surface area contributed by atoms with Gasteiger partial charge in [0.2, 0.25) is 0 Å². The van der Waals surface area contributed by atoms with Crippen LogP contribution in [0.1, 0.15) is 51.4 Å². The molecule has 3 N–H and O–H groups in total. The lowest BCUT2D eigenvalue weighted by Crippen LogP contribution is -2.35. The van der Waals surface area contributed by atoms with Crippen LogP contribution in [0.2, 0.25) is 0 Å². The molecule has 2 fully saturated rings. The monoisotopic (exact) mass is 224 g/mol. The van der Waals surface area contributed by atoms with Gasteiger partial charge in [-0.2, -0.15) is 0 Å². The first kappa shape index (κ1) is 12.4. The first-order chi connectivity index (χ1) is 7.90. The van der Waals surface area contributed by atoms with Gasteiger partial charge in [-0.05, 0) is 56.7 Å². The summed E-state index contributed by atoms with van der Waals surface area (Å²) in [4.78, 5) is 0. The molecule has 2 atom stereocenters. The average molecular weight is 224 g/mol. The zero-order valence-corrected chi connectivity index (χ0v) is 10.6. The molecule has 2 heteroatoms. The molecular formula is C14H28N2. The fourth-order valence-electron chi connectivity index (χ4n) is 3.24. The molecule has 2 saturated carbocycles. The highest BCUT2D eigenvalue weighted by Gasteiger charge is 2.23. The van der Waals surface area contributed by atoms with E-state index in [1.54, 1.807) is 0 Å². The number of rotatable bonds is 6. The summed E-state index contributed by atoms with van der Waals surface area (Å²) in [7, 11) is 0. The van der Waals surface area contributed by atoms with Crippen molar-refractivity contribution in [2.45, 2.75) is 51.4 Å². The van der Waals surface area contributed by atoms with Crippen molar-refractivity contribution in [3.05, 3.63) is 0 Å². The molecule has 16 heavy (non-hydrogen) atoms. The SMILES string of the molecule is NCC1CCCCC1CNCCC1CCC1. The van der Waals surface area contributed by atoms with Crippen LogP contribution in [-0.4, -0.2) is 19.6 Å². The summed E-state index contributed by atoms with van der Waals surface area (Å²) in [6.45, 7) is 3.35. The molecule has 0 spiro atoms. The molecule has 2 rings (SSSR count). The molecule has 0 radical (unpaired) electrons. The molecule has 0 saturated heterocycles. The van der Waals surface area contributed by atoms with Gasteiger partial charge in [-0.25, -0.2) is 0 Å². The Labute approximate surface area is 100 Å². The van der Waals surface area contributed by atoms with E-state index in [0.717, 1.165) is 24.3 Å². The first-order valence-corrected chi connectivity index (χ1v) is 7.31. The van der Waals surface area contributed by atoms with Crippen LogP contribution in [0.3, 0.4) is 0 Å². The number of hydrogen-bond acceptors (Lipinski definition) is 2. The zero-order chi connectivity index (χ0) is 11.2. The van der Waals surface area contributed by atoms with Crippen LogP contribution in [0.5, 0.6) is 0 Å². The number of hydrogen-bond donors (Lipinski definition) is 2. The summed E-state index contributed by atoms with van der Waals surface area (Å²) in [5.41, 5.74) is 5.85. The molecule has 0 amide bonds. The Hall–Kier alpha value is -0.0800. The lowest BCUT2D eigenvalue weighted by atomic mass is 9.79. The second-order valence-corrected chi connectivity index (χ2v) is 5.83. The van der Waals surface area contributed by atoms with Crippen LogP contribution < -0.4 is 11.1 Å². The van der Waals surface area contributed by atoms with E-state index in [-0.39, 0.29) is 0 Å². The maximum Gasteiger partial charge on any atom is -0.00174 e. The van der Waals surface area contributed by atoms with Crippen LogP contribution in [0, 0.1) is 17.8 Å². The summed E-state index contributed by atoms with van der Waals surface area (Å²) in [5.74, 6) is 2.70. The highest BCUT2D eigenvalue weighted by Crippen LogP contribution is 2.30. The second-order valence-electron chi connectivity index (χ2n) is 5.83. The zero-order valence-electron chi connectivity index (χ0n) is 10.6. The largest absolute Gasteiger partial charge is 0.330 e. The van der Waals surface area contributed by atoms with Gasteiger partial charge in [0.25, 0.3) is 0 Å². The minimum absolute atomic E-state index is 0.796. The molecule has 0 aromatic heterocycles. The predicted octanol–water partition coefficient (Wildman–Crippen LogP) is 2.53. The van der Waals surface area contributed by atoms with E-state index in [1.165, 1.54) is 64.5 Å². The second kappa shape index (κ2) is 6.61. The molecule has 94 valence electrons. The number of nitrogens with two attached hydrogens (primary N) is 1. The van der Waals surface area contributed by atoms with Crippen molar-refractivity contribution in [1.82, 2.24) is 5.32 Å². The lowest BCUT2D eigenvalue weighted by molar-refractivity contribution is 0.230. The molecule has 2 unspecified atom stereocenters. The van der Waals surface area contributed by atoms with E-state index in [1.807, 2.05) is 0 Å². The normalized spacial score (nSPS) is 31.3. The topological polar surface area (TPSA) is 38.0 Å². The Morgan fingerprint density at radius 2 is 1.69 bits per heavy atom. The summed E-state index contributed by atoms with van der Waals surface area (Å²) in [6, 6.07) is 0. The summed E-state index contributed by atoms with van der Waals surface area (Å²) in [6.07, 6.45) is 11.4. The van der Waals surface area contributed by atoms with Gasteiger partial charge in [0.1, 0.15) is 0 Å². The Morgan fingerprint density at radius 3 is 2.31 bits per heavy atom. The third-order valence-electron chi connectivity index (χ3n) is 4.73. The Balaban J connectivity index is 1.56. The Bertz CT molecular complexity index is 189. The fourth-order valence-corrected chi connectivity index (χ4v) is 3.24. The molecule has 0 heterocycles. The third-order valence-corrected chi connectivity index (χ3v) is 4.73. The molecule has 2 aliphatic carbocycles. The quantitative estimate of drug-likeness (QED) is 0.680. The van der Waals surface area contributed by atoms with Gasteiger partial charge in [0.15, 0.2) is 0 Å². The van der Waals surface area contributed by atoms with Crippen molar-refractivity contribution < 1.29 is 0 Å². The highest BCUT2D eigenvalue weighted by molar-refractivity contribution is 4.78. The lowest BCUT2D eigenvalue weighted by Gasteiger charge is -2.31. The van der Waals surface area contributed by atoms with Gasteiger partial charge in [-0.15, -0.1) is 0 Å². The molecular weight excluding hydrogens is 196 g/mol. The minimum Gasteiger partial charge on any atom is -0.330 e. The van der Waals surface area contributed by atoms with Gasteiger partial charge in [0.05, 0.1) is 0 Å². The van der Waals surface area contributed by atoms with E-state index >= 15 is 0 Å². The van der Waals surface area contributed by atoms with E-state index < -0.39 is 0 Å². The molecule has 2 nitrogen and oxygen atoms in total. The van der Waals surface area contributed by atoms with Crippen LogP contribution in [0.4, 0.5) is 0 Å². The smallest absolute Gasteiger partial charge is 0.00174 e. The van der Waals surface area contributed by atoms with Gasteiger partial charge in [0, 0.05) is 0 Å².